The molecule has 0 aliphatic rings. The Hall–Kier alpha value is -3.93. The van der Waals surface area contributed by atoms with Crippen molar-refractivity contribution in [1.82, 2.24) is 5.32 Å². The summed E-state index contributed by atoms with van der Waals surface area (Å²) in [6, 6.07) is 20.7. The zero-order valence-electron chi connectivity index (χ0n) is 25.0. The van der Waals surface area contributed by atoms with Gasteiger partial charge in [-0.05, 0) is 84.8 Å². The molecule has 6 heteroatoms. The third-order valence-corrected chi connectivity index (χ3v) is 6.99. The van der Waals surface area contributed by atoms with Crippen molar-refractivity contribution in [3.63, 3.8) is 0 Å². The Morgan fingerprint density at radius 2 is 1.34 bits per heavy atom. The molecule has 0 bridgehead atoms. The number of carbonyl (C=O) groups is 3. The molecule has 1 amide bonds. The van der Waals surface area contributed by atoms with Gasteiger partial charge >= 0.3 is 5.97 Å². The Kier molecular flexibility index (Phi) is 11.7. The predicted molar refractivity (Wildman–Crippen MR) is 163 cm³/mol. The van der Waals surface area contributed by atoms with E-state index in [0.717, 1.165) is 29.7 Å². The Morgan fingerprint density at radius 1 is 0.756 bits per heavy atom. The van der Waals surface area contributed by atoms with E-state index in [9.17, 15) is 14.4 Å². The zero-order valence-corrected chi connectivity index (χ0v) is 25.0. The number of ketones is 1. The SMILES string of the molecule is CCCCCCCOc1ccc(C(=O)Oc2ccc(C[C@H](NC(=O)c3ccc(C(C)(C)C)cc3)C(C)=O)cc2)cc1. The van der Waals surface area contributed by atoms with Crippen molar-refractivity contribution in [3.05, 3.63) is 95.1 Å². The minimum atomic E-state index is -0.671. The minimum absolute atomic E-state index is 0.00997. The van der Waals surface area contributed by atoms with Crippen LogP contribution in [0.2, 0.25) is 0 Å². The van der Waals surface area contributed by atoms with Crippen LogP contribution in [0, 0.1) is 0 Å². The fourth-order valence-corrected chi connectivity index (χ4v) is 4.34. The van der Waals surface area contributed by atoms with E-state index in [1.807, 2.05) is 12.1 Å². The molecule has 0 saturated heterocycles. The summed E-state index contributed by atoms with van der Waals surface area (Å²) in [6.07, 6.45) is 6.21. The van der Waals surface area contributed by atoms with E-state index in [4.69, 9.17) is 9.47 Å². The lowest BCUT2D eigenvalue weighted by molar-refractivity contribution is -0.118. The molecule has 1 N–H and O–H groups in total. The van der Waals surface area contributed by atoms with Gasteiger partial charge in [0, 0.05) is 5.56 Å². The molecule has 218 valence electrons. The van der Waals surface area contributed by atoms with Crippen molar-refractivity contribution >= 4 is 17.7 Å². The maximum absolute atomic E-state index is 12.8. The third-order valence-electron chi connectivity index (χ3n) is 6.99. The molecule has 41 heavy (non-hydrogen) atoms. The number of benzene rings is 3. The summed E-state index contributed by atoms with van der Waals surface area (Å²) in [6.45, 7) is 10.7. The first-order chi connectivity index (χ1) is 19.6. The lowest BCUT2D eigenvalue weighted by Gasteiger charge is -2.20. The average molecular weight is 558 g/mol. The molecule has 3 aromatic rings. The fraction of sp³-hybridized carbons (Fsp3) is 0.400. The molecule has 6 nitrogen and oxygen atoms in total. The predicted octanol–water partition coefficient (Wildman–Crippen LogP) is 7.48. The summed E-state index contributed by atoms with van der Waals surface area (Å²) in [4.78, 5) is 37.7. The van der Waals surface area contributed by atoms with Gasteiger partial charge in [-0.3, -0.25) is 9.59 Å². The average Bonchev–Trinajstić information content (AvgIpc) is 2.95. The number of nitrogens with one attached hydrogen (secondary N) is 1. The summed E-state index contributed by atoms with van der Waals surface area (Å²) in [7, 11) is 0. The van der Waals surface area contributed by atoms with Crippen LogP contribution in [0.4, 0.5) is 0 Å². The molecule has 0 aromatic heterocycles. The molecular weight excluding hydrogens is 514 g/mol. The normalized spacial score (nSPS) is 11.9. The van der Waals surface area contributed by atoms with Gasteiger partial charge in [0.1, 0.15) is 11.5 Å². The molecule has 0 saturated carbocycles. The minimum Gasteiger partial charge on any atom is -0.494 e. The van der Waals surface area contributed by atoms with Crippen LogP contribution < -0.4 is 14.8 Å². The highest BCUT2D eigenvalue weighted by atomic mass is 16.5. The van der Waals surface area contributed by atoms with Crippen molar-refractivity contribution in [2.24, 2.45) is 0 Å². The van der Waals surface area contributed by atoms with Gasteiger partial charge in [-0.1, -0.05) is 77.6 Å². The number of ether oxygens (including phenoxy) is 2. The van der Waals surface area contributed by atoms with Crippen molar-refractivity contribution < 1.29 is 23.9 Å². The number of hydrogen-bond donors (Lipinski definition) is 1. The monoisotopic (exact) mass is 557 g/mol. The highest BCUT2D eigenvalue weighted by Crippen LogP contribution is 2.22. The lowest BCUT2D eigenvalue weighted by atomic mass is 9.86. The number of esters is 1. The molecule has 0 heterocycles. The topological polar surface area (TPSA) is 81.7 Å². The van der Waals surface area contributed by atoms with Crippen molar-refractivity contribution in [1.29, 1.82) is 0 Å². The van der Waals surface area contributed by atoms with E-state index in [1.165, 1.54) is 26.2 Å². The molecule has 0 spiro atoms. The van der Waals surface area contributed by atoms with Gasteiger partial charge in [0.15, 0.2) is 5.78 Å². The number of amides is 1. The molecule has 0 aliphatic carbocycles. The molecule has 3 rings (SSSR count). The summed E-state index contributed by atoms with van der Waals surface area (Å²) >= 11 is 0. The Balaban J connectivity index is 1.51. The van der Waals surface area contributed by atoms with Gasteiger partial charge in [0.2, 0.25) is 0 Å². The largest absolute Gasteiger partial charge is 0.494 e. The highest BCUT2D eigenvalue weighted by molar-refractivity contribution is 5.97. The van der Waals surface area contributed by atoms with E-state index in [0.29, 0.717) is 29.9 Å². The molecular formula is C35H43NO5. The lowest BCUT2D eigenvalue weighted by Crippen LogP contribution is -2.41. The van der Waals surface area contributed by atoms with E-state index in [-0.39, 0.29) is 17.1 Å². The summed E-state index contributed by atoms with van der Waals surface area (Å²) < 4.78 is 11.3. The van der Waals surface area contributed by atoms with Crippen LogP contribution in [0.15, 0.2) is 72.8 Å². The Bertz CT molecular complexity index is 1270. The zero-order chi connectivity index (χ0) is 29.8. The van der Waals surface area contributed by atoms with Crippen LogP contribution in [0.1, 0.15) is 98.6 Å². The van der Waals surface area contributed by atoms with Gasteiger partial charge in [-0.15, -0.1) is 0 Å². The number of unbranched alkanes of at least 4 members (excludes halogenated alkanes) is 4. The van der Waals surface area contributed by atoms with Gasteiger partial charge in [-0.25, -0.2) is 4.79 Å². The second kappa shape index (κ2) is 15.2. The second-order valence-corrected chi connectivity index (χ2v) is 11.5. The van der Waals surface area contributed by atoms with Gasteiger partial charge in [0.05, 0.1) is 18.2 Å². The quantitative estimate of drug-likeness (QED) is 0.126. The standard InChI is InChI=1S/C35H43NO5/c1-6-7-8-9-10-23-40-30-21-15-28(16-22-30)34(39)41-31-19-11-26(12-20-31)24-32(25(2)37)36-33(38)27-13-17-29(18-14-27)35(3,4)5/h11-22,32H,6-10,23-24H2,1-5H3,(H,36,38)/t32-/m0/s1. The molecule has 0 aliphatic heterocycles. The van der Waals surface area contributed by atoms with Crippen LogP contribution in [-0.4, -0.2) is 30.3 Å². The first-order valence-corrected chi connectivity index (χ1v) is 14.5. The number of hydrogen-bond acceptors (Lipinski definition) is 5. The van der Waals surface area contributed by atoms with E-state index >= 15 is 0 Å². The van der Waals surface area contributed by atoms with Crippen LogP contribution in [0.25, 0.3) is 0 Å². The summed E-state index contributed by atoms with van der Waals surface area (Å²) in [5.74, 6) is 0.239. The van der Waals surface area contributed by atoms with Crippen LogP contribution in [-0.2, 0) is 16.6 Å². The van der Waals surface area contributed by atoms with E-state index in [2.05, 4.69) is 33.0 Å². The van der Waals surface area contributed by atoms with E-state index in [1.54, 1.807) is 60.7 Å². The molecule has 3 aromatic carbocycles. The fourth-order valence-electron chi connectivity index (χ4n) is 4.34. The van der Waals surface area contributed by atoms with Crippen LogP contribution >= 0.6 is 0 Å². The number of carbonyl (C=O) groups excluding carboxylic acids is 3. The van der Waals surface area contributed by atoms with Crippen LogP contribution in [0.5, 0.6) is 11.5 Å². The molecule has 0 unspecified atom stereocenters. The van der Waals surface area contributed by atoms with E-state index < -0.39 is 12.0 Å². The smallest absolute Gasteiger partial charge is 0.343 e. The summed E-state index contributed by atoms with van der Waals surface area (Å²) in [5.41, 5.74) is 2.90. The molecule has 0 fully saturated rings. The maximum Gasteiger partial charge on any atom is 0.343 e. The van der Waals surface area contributed by atoms with Crippen molar-refractivity contribution in [3.8, 4) is 11.5 Å². The highest BCUT2D eigenvalue weighted by Gasteiger charge is 2.20. The Labute approximate surface area is 244 Å². The maximum atomic E-state index is 12.8. The summed E-state index contributed by atoms with van der Waals surface area (Å²) in [5, 5.41) is 2.85. The second-order valence-electron chi connectivity index (χ2n) is 11.5. The van der Waals surface area contributed by atoms with Gasteiger partial charge < -0.3 is 14.8 Å². The van der Waals surface area contributed by atoms with Crippen molar-refractivity contribution in [2.75, 3.05) is 6.61 Å². The molecule has 1 atom stereocenters. The number of Topliss-reactive ketones (excluding diaryl/α,β-unsaturated/α-hetero) is 1. The number of rotatable bonds is 14. The first-order valence-electron chi connectivity index (χ1n) is 14.5. The first kappa shape index (κ1) is 31.6. The third kappa shape index (κ3) is 10.2. The van der Waals surface area contributed by atoms with Crippen LogP contribution in [0.3, 0.4) is 0 Å². The van der Waals surface area contributed by atoms with Gasteiger partial charge in [-0.2, -0.15) is 0 Å². The van der Waals surface area contributed by atoms with Gasteiger partial charge in [0.25, 0.3) is 5.91 Å². The van der Waals surface area contributed by atoms with Crippen molar-refractivity contribution in [2.45, 2.75) is 84.6 Å². The Morgan fingerprint density at radius 3 is 1.93 bits per heavy atom. The molecule has 0 radical (unpaired) electrons.